The van der Waals surface area contributed by atoms with E-state index in [0.717, 1.165) is 30.4 Å². The van der Waals surface area contributed by atoms with Crippen LogP contribution in [0.25, 0.3) is 11.1 Å². The zero-order chi connectivity index (χ0) is 34.2. The van der Waals surface area contributed by atoms with Crippen LogP contribution < -0.4 is 32.7 Å². The lowest BCUT2D eigenvalue weighted by atomic mass is 9.81. The first-order chi connectivity index (χ1) is 21.9. The molecule has 0 aliphatic carbocycles. The average molecular weight is 639 g/mol. The van der Waals surface area contributed by atoms with E-state index in [1.165, 1.54) is 12.5 Å². The van der Waals surface area contributed by atoms with E-state index in [2.05, 4.69) is 52.5 Å². The fraction of sp³-hybridized carbons (Fsp3) is 0.515. The lowest BCUT2D eigenvalue weighted by molar-refractivity contribution is -0.132. The number of aryl methyl sites for hydroxylation is 1. The standard InChI is InChI=1S/C33H51BN6O6/c1-5-6-9-23-11-13-24(14-12-23)25-15-17-26(18-16-25)30(41)38-27(10-7-8-19-35)31(42)40-29(36)33(44)39-28(20-21(2)3)32(43)37-22(4)34(45)46/h11-18,21-22,27-29,45-46H,5-10,19-20,35-36H2,1-4H3,(H,37,43)(H,38,41)(H,39,44)(H,40,42)/t22-,27-,28-,29+/m0/s1. The predicted octanol–water partition coefficient (Wildman–Crippen LogP) is 1.37. The van der Waals surface area contributed by atoms with Crippen molar-refractivity contribution in [1.29, 1.82) is 0 Å². The van der Waals surface area contributed by atoms with Crippen LogP contribution >= 0.6 is 0 Å². The summed E-state index contributed by atoms with van der Waals surface area (Å²) in [5, 5.41) is 28.8. The van der Waals surface area contributed by atoms with Crippen molar-refractivity contribution in [1.82, 2.24) is 21.3 Å². The van der Waals surface area contributed by atoms with Gasteiger partial charge < -0.3 is 42.8 Å². The second kappa shape index (κ2) is 19.7. The Bertz CT molecular complexity index is 1260. The van der Waals surface area contributed by atoms with Crippen molar-refractivity contribution in [2.45, 2.75) is 96.8 Å². The Morgan fingerprint density at radius 2 is 1.35 bits per heavy atom. The van der Waals surface area contributed by atoms with Gasteiger partial charge in [0.1, 0.15) is 12.1 Å². The predicted molar refractivity (Wildman–Crippen MR) is 180 cm³/mol. The van der Waals surface area contributed by atoms with Gasteiger partial charge in [0.2, 0.25) is 11.8 Å². The van der Waals surface area contributed by atoms with E-state index in [1.807, 2.05) is 26.0 Å². The van der Waals surface area contributed by atoms with Crippen molar-refractivity contribution in [3.05, 3.63) is 59.7 Å². The first-order valence-electron chi connectivity index (χ1n) is 16.1. The highest BCUT2D eigenvalue weighted by molar-refractivity contribution is 6.43. The molecule has 252 valence electrons. The van der Waals surface area contributed by atoms with Crippen molar-refractivity contribution in [2.75, 3.05) is 6.54 Å². The maximum atomic E-state index is 13.2. The van der Waals surface area contributed by atoms with Gasteiger partial charge in [-0.3, -0.25) is 19.2 Å². The number of rotatable bonds is 19. The molecular weight excluding hydrogens is 587 g/mol. The smallest absolute Gasteiger partial charge is 0.426 e. The number of hydrogen-bond donors (Lipinski definition) is 8. The molecule has 0 saturated carbocycles. The lowest BCUT2D eigenvalue weighted by Gasteiger charge is -2.25. The Balaban J connectivity index is 2.07. The summed E-state index contributed by atoms with van der Waals surface area (Å²) in [6.07, 6.45) is 3.50. The summed E-state index contributed by atoms with van der Waals surface area (Å²) in [7, 11) is -1.78. The SMILES string of the molecule is CCCCc1ccc(-c2ccc(C(=O)N[C@@H](CCCCN)C(=O)N[C@@H](N)C(=O)N[C@@H](CC(C)C)C(=O)N[C@@H](C)B(O)O)cc2)cc1. The van der Waals surface area contributed by atoms with E-state index >= 15 is 0 Å². The van der Waals surface area contributed by atoms with Crippen LogP contribution in [0.5, 0.6) is 0 Å². The highest BCUT2D eigenvalue weighted by atomic mass is 16.4. The van der Waals surface area contributed by atoms with Crippen LogP contribution in [-0.2, 0) is 20.8 Å². The van der Waals surface area contributed by atoms with Gasteiger partial charge in [-0.15, -0.1) is 0 Å². The third-order valence-corrected chi connectivity index (χ3v) is 7.56. The van der Waals surface area contributed by atoms with Crippen molar-refractivity contribution >= 4 is 30.7 Å². The van der Waals surface area contributed by atoms with Crippen LogP contribution in [0.3, 0.4) is 0 Å². The molecular formula is C33H51BN6O6. The normalized spacial score (nSPS) is 13.7. The molecule has 0 aliphatic rings. The Morgan fingerprint density at radius 3 is 1.89 bits per heavy atom. The zero-order valence-electron chi connectivity index (χ0n) is 27.4. The molecule has 0 aliphatic heterocycles. The van der Waals surface area contributed by atoms with E-state index in [1.54, 1.807) is 12.1 Å². The van der Waals surface area contributed by atoms with Crippen molar-refractivity contribution in [2.24, 2.45) is 17.4 Å². The maximum absolute atomic E-state index is 13.2. The molecule has 4 amide bonds. The fourth-order valence-electron chi connectivity index (χ4n) is 4.75. The molecule has 0 saturated heterocycles. The molecule has 2 rings (SSSR count). The Kier molecular flexibility index (Phi) is 16.4. The topological polar surface area (TPSA) is 209 Å². The van der Waals surface area contributed by atoms with Crippen LogP contribution in [-0.4, -0.2) is 71.5 Å². The van der Waals surface area contributed by atoms with Gasteiger partial charge in [0.25, 0.3) is 11.8 Å². The summed E-state index contributed by atoms with van der Waals surface area (Å²) >= 11 is 0. The molecule has 0 heterocycles. The Hall–Kier alpha value is -3.78. The second-order valence-electron chi connectivity index (χ2n) is 12.1. The first kappa shape index (κ1) is 38.4. The van der Waals surface area contributed by atoms with Gasteiger partial charge in [0.15, 0.2) is 6.17 Å². The number of unbranched alkanes of at least 4 members (excludes halogenated alkanes) is 2. The third kappa shape index (κ3) is 12.9. The van der Waals surface area contributed by atoms with E-state index in [4.69, 9.17) is 11.5 Å². The maximum Gasteiger partial charge on any atom is 0.475 e. The van der Waals surface area contributed by atoms with Crippen LogP contribution in [0.15, 0.2) is 48.5 Å². The van der Waals surface area contributed by atoms with Gasteiger partial charge in [-0.2, -0.15) is 0 Å². The largest absolute Gasteiger partial charge is 0.475 e. The average Bonchev–Trinajstić information content (AvgIpc) is 3.02. The molecule has 0 bridgehead atoms. The number of amides is 4. The minimum Gasteiger partial charge on any atom is -0.426 e. The summed E-state index contributed by atoms with van der Waals surface area (Å²) in [6, 6.07) is 13.4. The highest BCUT2D eigenvalue weighted by Crippen LogP contribution is 2.21. The highest BCUT2D eigenvalue weighted by Gasteiger charge is 2.30. The van der Waals surface area contributed by atoms with Crippen LogP contribution in [0.2, 0.25) is 0 Å². The minimum absolute atomic E-state index is 0.00326. The van der Waals surface area contributed by atoms with Gasteiger partial charge in [0, 0.05) is 5.56 Å². The monoisotopic (exact) mass is 638 g/mol. The van der Waals surface area contributed by atoms with E-state index in [0.29, 0.717) is 24.9 Å². The summed E-state index contributed by atoms with van der Waals surface area (Å²) in [4.78, 5) is 52.0. The molecule has 46 heavy (non-hydrogen) atoms. The third-order valence-electron chi connectivity index (χ3n) is 7.56. The molecule has 10 N–H and O–H groups in total. The van der Waals surface area contributed by atoms with Crippen LogP contribution in [0.1, 0.15) is 82.1 Å². The van der Waals surface area contributed by atoms with E-state index < -0.39 is 54.9 Å². The van der Waals surface area contributed by atoms with Crippen molar-refractivity contribution in [3.63, 3.8) is 0 Å². The molecule has 4 atom stereocenters. The van der Waals surface area contributed by atoms with Gasteiger partial charge in [-0.1, -0.05) is 63.6 Å². The summed E-state index contributed by atoms with van der Waals surface area (Å²) in [5.74, 6) is -3.52. The number of nitrogens with one attached hydrogen (secondary N) is 4. The molecule has 13 heteroatoms. The summed E-state index contributed by atoms with van der Waals surface area (Å²) < 4.78 is 0. The molecule has 0 aromatic heterocycles. The number of nitrogens with two attached hydrogens (primary N) is 2. The minimum atomic E-state index is -1.78. The molecule has 2 aromatic carbocycles. The Labute approximate surface area is 272 Å². The van der Waals surface area contributed by atoms with Crippen molar-refractivity contribution < 1.29 is 29.2 Å². The van der Waals surface area contributed by atoms with Crippen molar-refractivity contribution in [3.8, 4) is 11.1 Å². The Morgan fingerprint density at radius 1 is 0.761 bits per heavy atom. The number of hydrogen-bond acceptors (Lipinski definition) is 8. The molecule has 2 aromatic rings. The lowest BCUT2D eigenvalue weighted by Crippen LogP contribution is -2.60. The van der Waals surface area contributed by atoms with Gasteiger partial charge in [0.05, 0.1) is 5.94 Å². The molecule has 0 fully saturated rings. The molecule has 0 spiro atoms. The second-order valence-corrected chi connectivity index (χ2v) is 12.1. The van der Waals surface area contributed by atoms with Gasteiger partial charge in [-0.05, 0) is 86.7 Å². The molecule has 12 nitrogen and oxygen atoms in total. The molecule has 0 unspecified atom stereocenters. The number of benzene rings is 2. The summed E-state index contributed by atoms with van der Waals surface area (Å²) in [6.45, 7) is 7.69. The van der Waals surface area contributed by atoms with Crippen LogP contribution in [0.4, 0.5) is 0 Å². The first-order valence-corrected chi connectivity index (χ1v) is 16.1. The zero-order valence-corrected chi connectivity index (χ0v) is 27.4. The quantitative estimate of drug-likeness (QED) is 0.0639. The fourth-order valence-corrected chi connectivity index (χ4v) is 4.75. The van der Waals surface area contributed by atoms with Gasteiger partial charge >= 0.3 is 7.12 Å². The number of carbonyl (C=O) groups is 4. The van der Waals surface area contributed by atoms with Crippen LogP contribution in [0, 0.1) is 5.92 Å². The summed E-state index contributed by atoms with van der Waals surface area (Å²) in [5.41, 5.74) is 15.3. The van der Waals surface area contributed by atoms with E-state index in [-0.39, 0.29) is 18.8 Å². The molecule has 0 radical (unpaired) electrons. The van der Waals surface area contributed by atoms with Gasteiger partial charge in [-0.25, -0.2) is 0 Å². The number of carbonyl (C=O) groups excluding carboxylic acids is 4. The van der Waals surface area contributed by atoms with E-state index in [9.17, 15) is 29.2 Å².